The summed E-state index contributed by atoms with van der Waals surface area (Å²) in [6.07, 6.45) is -0.265. The van der Waals surface area contributed by atoms with Crippen LogP contribution in [-0.2, 0) is 11.3 Å². The van der Waals surface area contributed by atoms with Gasteiger partial charge in [0.05, 0.1) is 19.3 Å². The van der Waals surface area contributed by atoms with Gasteiger partial charge in [0, 0.05) is 25.2 Å². The molecule has 2 rings (SSSR count). The number of benzene rings is 1. The predicted octanol–water partition coefficient (Wildman–Crippen LogP) is 1.16. The molecule has 0 aromatic heterocycles. The van der Waals surface area contributed by atoms with Crippen LogP contribution in [0.1, 0.15) is 5.56 Å². The van der Waals surface area contributed by atoms with Crippen LogP contribution in [-0.4, -0.2) is 42.4 Å². The van der Waals surface area contributed by atoms with E-state index >= 15 is 0 Å². The lowest BCUT2D eigenvalue weighted by atomic mass is 10.1. The van der Waals surface area contributed by atoms with Crippen molar-refractivity contribution in [1.29, 1.82) is 0 Å². The topological polar surface area (TPSA) is 32.7 Å². The number of hydrogen-bond acceptors (Lipinski definition) is 3. The summed E-state index contributed by atoms with van der Waals surface area (Å²) in [5, 5.41) is 8.98. The van der Waals surface area contributed by atoms with Gasteiger partial charge in [-0.15, -0.1) is 0 Å². The number of halogens is 2. The third-order valence-corrected chi connectivity index (χ3v) is 2.87. The van der Waals surface area contributed by atoms with Crippen molar-refractivity contribution in [3.63, 3.8) is 0 Å². The van der Waals surface area contributed by atoms with Crippen LogP contribution in [0.4, 0.5) is 8.78 Å². The van der Waals surface area contributed by atoms with E-state index in [1.54, 1.807) is 0 Å². The van der Waals surface area contributed by atoms with E-state index in [1.807, 2.05) is 4.90 Å². The number of aliphatic hydroxyl groups is 1. The van der Waals surface area contributed by atoms with Crippen molar-refractivity contribution in [2.24, 2.45) is 0 Å². The second-order valence-corrected chi connectivity index (χ2v) is 4.11. The van der Waals surface area contributed by atoms with Gasteiger partial charge in [0.1, 0.15) is 11.6 Å². The fourth-order valence-corrected chi connectivity index (χ4v) is 1.94. The first-order valence-electron chi connectivity index (χ1n) is 5.58. The summed E-state index contributed by atoms with van der Waals surface area (Å²) in [5.41, 5.74) is 0.0751. The molecule has 17 heavy (non-hydrogen) atoms. The second-order valence-electron chi connectivity index (χ2n) is 4.11. The summed E-state index contributed by atoms with van der Waals surface area (Å²) in [5.74, 6) is -1.06. The minimum absolute atomic E-state index is 0.0732. The summed E-state index contributed by atoms with van der Waals surface area (Å²) >= 11 is 0. The Morgan fingerprint density at radius 3 is 2.71 bits per heavy atom. The maximum Gasteiger partial charge on any atom is 0.130 e. The van der Waals surface area contributed by atoms with Crippen molar-refractivity contribution in [1.82, 2.24) is 4.90 Å². The van der Waals surface area contributed by atoms with Gasteiger partial charge in [0.25, 0.3) is 0 Å². The molecule has 0 aliphatic carbocycles. The van der Waals surface area contributed by atoms with E-state index < -0.39 is 11.6 Å². The zero-order chi connectivity index (χ0) is 12.3. The molecule has 1 aromatic rings. The third kappa shape index (κ3) is 3.00. The van der Waals surface area contributed by atoms with Gasteiger partial charge in [-0.25, -0.2) is 8.78 Å². The average molecular weight is 243 g/mol. The molecule has 1 unspecified atom stereocenters. The van der Waals surface area contributed by atoms with Crippen LogP contribution >= 0.6 is 0 Å². The Bertz CT molecular complexity index is 367. The normalized spacial score (nSPS) is 21.7. The van der Waals surface area contributed by atoms with Crippen LogP contribution < -0.4 is 0 Å². The first-order chi connectivity index (χ1) is 8.20. The fourth-order valence-electron chi connectivity index (χ4n) is 1.94. The predicted molar refractivity (Wildman–Crippen MR) is 58.5 cm³/mol. The molecule has 0 radical (unpaired) electrons. The lowest BCUT2D eigenvalue weighted by Crippen LogP contribution is -2.43. The zero-order valence-electron chi connectivity index (χ0n) is 9.40. The molecule has 1 aliphatic rings. The van der Waals surface area contributed by atoms with Crippen molar-refractivity contribution >= 4 is 0 Å². The average Bonchev–Trinajstić information content (AvgIpc) is 2.34. The van der Waals surface area contributed by atoms with E-state index in [9.17, 15) is 8.78 Å². The Morgan fingerprint density at radius 2 is 2.06 bits per heavy atom. The van der Waals surface area contributed by atoms with Crippen LogP contribution in [0, 0.1) is 11.6 Å². The zero-order valence-corrected chi connectivity index (χ0v) is 9.40. The highest BCUT2D eigenvalue weighted by atomic mass is 19.1. The van der Waals surface area contributed by atoms with Gasteiger partial charge in [-0.3, -0.25) is 4.90 Å². The van der Waals surface area contributed by atoms with Gasteiger partial charge in [-0.1, -0.05) is 6.07 Å². The highest BCUT2D eigenvalue weighted by Gasteiger charge is 2.21. The Hall–Kier alpha value is -1.04. The summed E-state index contributed by atoms with van der Waals surface area (Å²) in [4.78, 5) is 1.88. The van der Waals surface area contributed by atoms with Crippen molar-refractivity contribution in [3.05, 3.63) is 35.4 Å². The number of morpholine rings is 1. The minimum Gasteiger partial charge on any atom is -0.394 e. The van der Waals surface area contributed by atoms with Crippen LogP contribution in [0.3, 0.4) is 0 Å². The molecule has 5 heteroatoms. The van der Waals surface area contributed by atoms with Gasteiger partial charge in [0.2, 0.25) is 0 Å². The number of rotatable bonds is 3. The SMILES string of the molecule is OCC1CN(Cc2c(F)cccc2F)CCO1. The summed E-state index contributed by atoms with van der Waals surface area (Å²) < 4.78 is 32.2. The Morgan fingerprint density at radius 1 is 1.35 bits per heavy atom. The van der Waals surface area contributed by atoms with E-state index in [4.69, 9.17) is 9.84 Å². The molecule has 1 atom stereocenters. The van der Waals surface area contributed by atoms with Crippen LogP contribution in [0.2, 0.25) is 0 Å². The lowest BCUT2D eigenvalue weighted by Gasteiger charge is -2.32. The van der Waals surface area contributed by atoms with Crippen LogP contribution in [0.25, 0.3) is 0 Å². The van der Waals surface area contributed by atoms with Crippen LogP contribution in [0.15, 0.2) is 18.2 Å². The molecule has 0 bridgehead atoms. The number of ether oxygens (including phenoxy) is 1. The number of aliphatic hydroxyl groups excluding tert-OH is 1. The molecule has 0 amide bonds. The molecule has 1 aromatic carbocycles. The first kappa shape index (κ1) is 12.4. The number of hydrogen-bond donors (Lipinski definition) is 1. The highest BCUT2D eigenvalue weighted by molar-refractivity contribution is 5.19. The van der Waals surface area contributed by atoms with E-state index in [0.717, 1.165) is 0 Å². The highest BCUT2D eigenvalue weighted by Crippen LogP contribution is 2.16. The standard InChI is InChI=1S/C12H15F2NO2/c13-11-2-1-3-12(14)10(11)7-15-4-5-17-9(6-15)8-16/h1-3,9,16H,4-8H2. The molecule has 0 spiro atoms. The molecular formula is C12H15F2NO2. The number of nitrogens with zero attached hydrogens (tertiary/aromatic N) is 1. The Labute approximate surface area is 98.6 Å². The van der Waals surface area contributed by atoms with Crippen molar-refractivity contribution in [3.8, 4) is 0 Å². The molecule has 1 aliphatic heterocycles. The minimum atomic E-state index is -0.531. The van der Waals surface area contributed by atoms with Crippen molar-refractivity contribution < 1.29 is 18.6 Å². The molecule has 1 heterocycles. The quantitative estimate of drug-likeness (QED) is 0.864. The van der Waals surface area contributed by atoms with Crippen molar-refractivity contribution in [2.75, 3.05) is 26.3 Å². The fraction of sp³-hybridized carbons (Fsp3) is 0.500. The largest absolute Gasteiger partial charge is 0.394 e. The summed E-state index contributed by atoms with van der Waals surface area (Å²) in [6, 6.07) is 3.86. The van der Waals surface area contributed by atoms with Crippen LogP contribution in [0.5, 0.6) is 0 Å². The summed E-state index contributed by atoms with van der Waals surface area (Å²) in [7, 11) is 0. The molecular weight excluding hydrogens is 228 g/mol. The monoisotopic (exact) mass is 243 g/mol. The van der Waals surface area contributed by atoms with Gasteiger partial charge in [-0.2, -0.15) is 0 Å². The lowest BCUT2D eigenvalue weighted by molar-refractivity contribution is -0.0555. The summed E-state index contributed by atoms with van der Waals surface area (Å²) in [6.45, 7) is 1.71. The van der Waals surface area contributed by atoms with E-state index in [-0.39, 0.29) is 24.8 Å². The Balaban J connectivity index is 2.05. The van der Waals surface area contributed by atoms with Gasteiger partial charge in [-0.05, 0) is 12.1 Å². The van der Waals surface area contributed by atoms with Gasteiger partial charge in [0.15, 0.2) is 0 Å². The molecule has 1 fully saturated rings. The van der Waals surface area contributed by atoms with E-state index in [0.29, 0.717) is 19.7 Å². The van der Waals surface area contributed by atoms with E-state index in [1.165, 1.54) is 18.2 Å². The molecule has 94 valence electrons. The van der Waals surface area contributed by atoms with Crippen molar-refractivity contribution in [2.45, 2.75) is 12.6 Å². The molecule has 3 nitrogen and oxygen atoms in total. The van der Waals surface area contributed by atoms with E-state index in [2.05, 4.69) is 0 Å². The first-order valence-corrected chi connectivity index (χ1v) is 5.58. The maximum absolute atomic E-state index is 13.4. The van der Waals surface area contributed by atoms with Gasteiger partial charge < -0.3 is 9.84 Å². The third-order valence-electron chi connectivity index (χ3n) is 2.87. The molecule has 0 saturated carbocycles. The molecule has 1 saturated heterocycles. The maximum atomic E-state index is 13.4. The van der Waals surface area contributed by atoms with Gasteiger partial charge >= 0.3 is 0 Å². The smallest absolute Gasteiger partial charge is 0.130 e. The molecule has 1 N–H and O–H groups in total. The second kappa shape index (κ2) is 5.53. The Kier molecular flexibility index (Phi) is 4.04.